The van der Waals surface area contributed by atoms with E-state index in [9.17, 15) is 9.59 Å². The van der Waals surface area contributed by atoms with E-state index in [4.69, 9.17) is 28.4 Å². The van der Waals surface area contributed by atoms with Crippen molar-refractivity contribution in [3.8, 4) is 11.1 Å². The van der Waals surface area contributed by atoms with Gasteiger partial charge in [0.15, 0.2) is 0 Å². The summed E-state index contributed by atoms with van der Waals surface area (Å²) < 4.78 is 34.2. The van der Waals surface area contributed by atoms with Crippen LogP contribution in [-0.2, 0) is 33.9 Å². The van der Waals surface area contributed by atoms with E-state index in [0.29, 0.717) is 0 Å². The minimum absolute atomic E-state index is 0. The van der Waals surface area contributed by atoms with E-state index in [0.717, 1.165) is 45.2 Å². The van der Waals surface area contributed by atoms with E-state index >= 15 is 0 Å². The van der Waals surface area contributed by atoms with Crippen LogP contribution in [0.25, 0.3) is 11.1 Å². The molecule has 2 aliphatic rings. The smallest absolute Gasteiger partial charge is 0.448 e. The summed E-state index contributed by atoms with van der Waals surface area (Å²) in [5.74, 6) is -3.16. The van der Waals surface area contributed by atoms with Crippen LogP contribution in [0, 0.1) is 11.8 Å². The van der Waals surface area contributed by atoms with Crippen molar-refractivity contribution in [3.63, 3.8) is 0 Å². The van der Waals surface area contributed by atoms with Crippen molar-refractivity contribution in [1.29, 1.82) is 0 Å². The fraction of sp³-hybridized carbons (Fsp3) is 0.333. The maximum absolute atomic E-state index is 13.8. The van der Waals surface area contributed by atoms with Crippen molar-refractivity contribution in [2.75, 3.05) is 53.6 Å². The van der Waals surface area contributed by atoms with Crippen LogP contribution < -0.4 is 0 Å². The first-order chi connectivity index (χ1) is 28.8. The summed E-state index contributed by atoms with van der Waals surface area (Å²) in [7, 11) is 1.85. The minimum Gasteiger partial charge on any atom is -0.448 e. The summed E-state index contributed by atoms with van der Waals surface area (Å²) >= 11 is 0. The van der Waals surface area contributed by atoms with Gasteiger partial charge in [-0.2, -0.15) is 4.89 Å². The number of hydrogen-bond donors (Lipinski definition) is 1. The normalized spacial score (nSPS) is 16.0. The quantitative estimate of drug-likeness (QED) is 0.0508. The third kappa shape index (κ3) is 9.88. The lowest BCUT2D eigenvalue weighted by Crippen LogP contribution is -2.54. The number of hydrogen-bond acceptors (Lipinski definition) is 8. The van der Waals surface area contributed by atoms with Gasteiger partial charge < -0.3 is 33.5 Å². The Balaban J connectivity index is 0.000000649. The van der Waals surface area contributed by atoms with Crippen LogP contribution in [0.4, 0.5) is 4.79 Å². The van der Waals surface area contributed by atoms with Gasteiger partial charge in [0.2, 0.25) is 0 Å². The van der Waals surface area contributed by atoms with Crippen molar-refractivity contribution in [1.82, 2.24) is 9.80 Å². The van der Waals surface area contributed by atoms with Crippen LogP contribution in [-0.4, -0.2) is 86.6 Å². The molecule has 1 heterocycles. The highest BCUT2D eigenvalue weighted by Gasteiger charge is 2.56. The standard InChI is InChI=1S/C42H39NO6.C6H15N.HO2P/c1-46-42(47-2,49-41(31-16-6-3-7-17-31,32-18-8-4-9-19-32)33-20-10-5-11-21-33)39-27-43(26-30(39)28-44)40(45)48-29-38-36-24-14-12-22-34(36)35-23-13-15-25-37(35)38;1-4-7(5-2)6-3;1-3-2/h3-25,28,30,38-39H,26-27,29H2,1-2H3;4-6H2,1-3H3;3H/p+2/t30-,39+;;/m1../s1. The Morgan fingerprint density at radius 1 is 0.729 bits per heavy atom. The van der Waals surface area contributed by atoms with E-state index < -0.39 is 38.2 Å². The number of rotatable bonds is 14. The van der Waals surface area contributed by atoms with Gasteiger partial charge in [-0.25, -0.2) is 4.79 Å². The van der Waals surface area contributed by atoms with Gasteiger partial charge >= 0.3 is 16.2 Å². The molecule has 59 heavy (non-hydrogen) atoms. The zero-order valence-corrected chi connectivity index (χ0v) is 35.5. The molecule has 5 aromatic carbocycles. The van der Waals surface area contributed by atoms with E-state index in [1.54, 1.807) is 4.90 Å². The number of fused-ring (bicyclic) bond motifs is 3. The maximum Gasteiger partial charge on any atom is 1.00 e. The van der Waals surface area contributed by atoms with Crippen molar-refractivity contribution < 1.29 is 39.4 Å². The van der Waals surface area contributed by atoms with Crippen molar-refractivity contribution in [2.45, 2.75) is 38.3 Å². The molecular formula is C48H57N2O8P+2. The molecule has 0 bridgehead atoms. The number of carbonyl (C=O) groups is 2. The monoisotopic (exact) mass is 820 g/mol. The molecule has 0 aromatic heterocycles. The van der Waals surface area contributed by atoms with E-state index in [1.165, 1.54) is 33.9 Å². The Labute approximate surface area is 351 Å². The zero-order chi connectivity index (χ0) is 42.3. The van der Waals surface area contributed by atoms with E-state index in [1.807, 2.05) is 115 Å². The molecule has 0 spiro atoms. The van der Waals surface area contributed by atoms with Crippen LogP contribution in [0.2, 0.25) is 0 Å². The van der Waals surface area contributed by atoms with Crippen molar-refractivity contribution >= 4 is 21.1 Å². The lowest BCUT2D eigenvalue weighted by molar-refractivity contribution is -0.412. The Kier molecular flexibility index (Phi) is 16.6. The first kappa shape index (κ1) is 45.0. The third-order valence-corrected chi connectivity index (χ3v) is 11.3. The number of nitrogens with zero attached hydrogens (tertiary/aromatic N) is 2. The molecule has 1 saturated heterocycles. The molecule has 0 radical (unpaired) electrons. The molecule has 0 saturated carbocycles. The van der Waals surface area contributed by atoms with E-state index in [2.05, 4.69) is 49.9 Å². The summed E-state index contributed by atoms with van der Waals surface area (Å²) in [5, 5.41) is 0. The number of likely N-dealkylation sites (tertiary alicyclic amines) is 1. The fourth-order valence-corrected chi connectivity index (χ4v) is 8.30. The second-order valence-corrected chi connectivity index (χ2v) is 14.4. The minimum atomic E-state index is -1.74. The van der Waals surface area contributed by atoms with Gasteiger partial charge in [-0.3, -0.25) is 0 Å². The second-order valence-electron chi connectivity index (χ2n) is 14.2. The van der Waals surface area contributed by atoms with Crippen molar-refractivity contribution in [3.05, 3.63) is 167 Å². The molecule has 310 valence electrons. The van der Waals surface area contributed by atoms with Gasteiger partial charge in [0, 0.05) is 39.1 Å². The van der Waals surface area contributed by atoms with Gasteiger partial charge in [-0.15, -0.1) is 0 Å². The zero-order valence-electron chi connectivity index (χ0n) is 35.5. The molecule has 1 unspecified atom stereocenters. The number of amides is 1. The summed E-state index contributed by atoms with van der Waals surface area (Å²) in [5.41, 5.74) is 5.91. The largest absolute Gasteiger partial charge is 1.00 e. The lowest BCUT2D eigenvalue weighted by Gasteiger charge is -2.46. The average Bonchev–Trinajstić information content (AvgIpc) is 3.88. The molecule has 1 fully saturated rings. The number of carbonyl (C=O) groups excluding carboxylic acids is 2. The first-order valence-corrected chi connectivity index (χ1v) is 20.9. The predicted molar refractivity (Wildman–Crippen MR) is 233 cm³/mol. The summed E-state index contributed by atoms with van der Waals surface area (Å²) in [6.07, 6.45) is 0.352. The molecule has 1 N–H and O–H groups in total. The van der Waals surface area contributed by atoms with Gasteiger partial charge in [-0.1, -0.05) is 160 Å². The van der Waals surface area contributed by atoms with Crippen LogP contribution in [0.5, 0.6) is 0 Å². The fourth-order valence-electron chi connectivity index (χ4n) is 8.30. The van der Waals surface area contributed by atoms with Gasteiger partial charge in [0.1, 0.15) is 18.5 Å². The molecule has 1 aliphatic carbocycles. The Morgan fingerprint density at radius 2 is 1.14 bits per heavy atom. The highest BCUT2D eigenvalue weighted by atomic mass is 31.1. The van der Waals surface area contributed by atoms with Gasteiger partial charge in [0.05, 0.1) is 5.92 Å². The summed E-state index contributed by atoms with van der Waals surface area (Å²) in [4.78, 5) is 37.5. The molecule has 5 aromatic rings. The highest BCUT2D eigenvalue weighted by molar-refractivity contribution is 7.16. The molecule has 11 heteroatoms. The Morgan fingerprint density at radius 3 is 1.51 bits per heavy atom. The topological polar surface area (TPSA) is 115 Å². The van der Waals surface area contributed by atoms with Crippen LogP contribution in [0.3, 0.4) is 0 Å². The lowest BCUT2D eigenvalue weighted by atomic mass is 9.79. The molecular weight excluding hydrogens is 764 g/mol. The third-order valence-electron chi connectivity index (χ3n) is 11.3. The second kappa shape index (κ2) is 21.8. The summed E-state index contributed by atoms with van der Waals surface area (Å²) in [6, 6.07) is 46.1. The SMILES string of the molecule is CCN(CC)CC.COC(OC)(OC(c1ccccc1)(c1ccccc1)c1ccccc1)[C@H]1CN(C(=O)OCC2c3ccccc3-c3ccccc32)C[C@@H]1C=O.O=[PH+]O.[H+]. The van der Waals surface area contributed by atoms with Gasteiger partial charge in [0.25, 0.3) is 5.97 Å². The average molecular weight is 821 g/mol. The predicted octanol–water partition coefficient (Wildman–Crippen LogP) is 9.02. The summed E-state index contributed by atoms with van der Waals surface area (Å²) in [6.45, 7) is 10.6. The maximum atomic E-state index is 13.8. The van der Waals surface area contributed by atoms with E-state index in [-0.39, 0.29) is 27.0 Å². The Bertz CT molecular complexity index is 1920. The number of methoxy groups -OCH3 is 2. The number of benzene rings is 5. The number of ether oxygens (including phenoxy) is 4. The highest BCUT2D eigenvalue weighted by Crippen LogP contribution is 2.48. The van der Waals surface area contributed by atoms with Crippen LogP contribution >= 0.6 is 8.69 Å². The van der Waals surface area contributed by atoms with Gasteiger partial charge in [-0.05, 0) is 63.1 Å². The Hall–Kier alpha value is -5.06. The number of aldehydes is 1. The molecule has 7 rings (SSSR count). The van der Waals surface area contributed by atoms with Crippen molar-refractivity contribution in [2.24, 2.45) is 11.8 Å². The molecule has 1 amide bonds. The molecule has 1 aliphatic heterocycles. The van der Waals surface area contributed by atoms with Crippen LogP contribution in [0.1, 0.15) is 55.9 Å². The molecule has 10 nitrogen and oxygen atoms in total. The first-order valence-electron chi connectivity index (χ1n) is 20.1. The molecule has 3 atom stereocenters. The van der Waals surface area contributed by atoms with Crippen LogP contribution in [0.15, 0.2) is 140 Å².